The fourth-order valence-electron chi connectivity index (χ4n) is 0.886. The van der Waals surface area contributed by atoms with Crippen molar-refractivity contribution < 1.29 is 20.0 Å². The summed E-state index contributed by atoms with van der Waals surface area (Å²) in [4.78, 5) is 11.2. The van der Waals surface area contributed by atoms with E-state index in [1.807, 2.05) is 0 Å². The number of ether oxygens (including phenoxy) is 2. The Bertz CT molecular complexity index is 303. The molecule has 0 aliphatic carbocycles. The van der Waals surface area contributed by atoms with Crippen LogP contribution in [0, 0.1) is 0 Å². The van der Waals surface area contributed by atoms with E-state index in [1.54, 1.807) is 18.4 Å². The number of quaternary nitrogens is 1. The van der Waals surface area contributed by atoms with Crippen LogP contribution in [0.15, 0.2) is 11.4 Å². The third-order valence-electron chi connectivity index (χ3n) is 1.48. The Morgan fingerprint density at radius 2 is 2.33 bits per heavy atom. The Morgan fingerprint density at radius 3 is 2.93 bits per heavy atom. The Morgan fingerprint density at radius 1 is 1.60 bits per heavy atom. The summed E-state index contributed by atoms with van der Waals surface area (Å²) in [5.74, 6) is -0.298. The van der Waals surface area contributed by atoms with Crippen molar-refractivity contribution in [3.63, 3.8) is 0 Å². The van der Waals surface area contributed by atoms with Gasteiger partial charge in [-0.15, -0.1) is 23.7 Å². The van der Waals surface area contributed by atoms with Crippen molar-refractivity contribution in [2.45, 2.75) is 6.92 Å². The van der Waals surface area contributed by atoms with Gasteiger partial charge in [0, 0.05) is 11.4 Å². The average molecular weight is 253 g/mol. The molecular weight excluding hydrogens is 238 g/mol. The van der Waals surface area contributed by atoms with Crippen molar-refractivity contribution in [2.24, 2.45) is 0 Å². The third kappa shape index (κ3) is 4.51. The van der Waals surface area contributed by atoms with E-state index in [4.69, 9.17) is 9.47 Å². The fourth-order valence-corrected chi connectivity index (χ4v) is 1.64. The second-order valence-corrected chi connectivity index (χ2v) is 3.45. The molecule has 0 unspecified atom stereocenters. The first kappa shape index (κ1) is 14.2. The molecule has 0 bridgehead atoms. The lowest BCUT2D eigenvalue weighted by molar-refractivity contribution is -0.370. The second kappa shape index (κ2) is 7.50. The van der Waals surface area contributed by atoms with Crippen molar-refractivity contribution in [3.8, 4) is 5.06 Å². The summed E-state index contributed by atoms with van der Waals surface area (Å²) < 4.78 is 10.2. The molecule has 1 heterocycles. The highest BCUT2D eigenvalue weighted by molar-refractivity contribution is 7.12. The molecule has 0 saturated carbocycles. The Kier molecular flexibility index (Phi) is 7.11. The first-order valence-electron chi connectivity index (χ1n) is 4.45. The molecule has 3 N–H and O–H groups in total. The number of hydrogen-bond donors (Lipinski definition) is 1. The highest BCUT2D eigenvalue weighted by Gasteiger charge is 2.09. The second-order valence-electron chi connectivity index (χ2n) is 2.58. The zero-order chi connectivity index (χ0) is 10.4. The molecule has 1 rings (SSSR count). The zero-order valence-corrected chi connectivity index (χ0v) is 10.2. The summed E-state index contributed by atoms with van der Waals surface area (Å²) in [6.45, 7) is 3.46. The first-order chi connectivity index (χ1) is 6.77. The molecule has 0 aliphatic rings. The lowest BCUT2D eigenvalue weighted by Gasteiger charge is -1.98. The van der Waals surface area contributed by atoms with Crippen LogP contribution in [0.3, 0.4) is 0 Å². The molecule has 4 nitrogen and oxygen atoms in total. The zero-order valence-electron chi connectivity index (χ0n) is 8.52. The maximum atomic E-state index is 11.2. The number of hydrogen-bond acceptors (Lipinski definition) is 4. The van der Waals surface area contributed by atoms with Gasteiger partial charge in [0.05, 0.1) is 12.2 Å². The molecule has 0 fully saturated rings. The van der Waals surface area contributed by atoms with Crippen LogP contribution in [0.2, 0.25) is 0 Å². The summed E-state index contributed by atoms with van der Waals surface area (Å²) in [5.41, 5.74) is 4.21. The van der Waals surface area contributed by atoms with Crippen LogP contribution in [0.4, 0.5) is 0 Å². The van der Waals surface area contributed by atoms with Gasteiger partial charge in [-0.25, -0.2) is 4.79 Å². The number of esters is 1. The van der Waals surface area contributed by atoms with Crippen molar-refractivity contribution in [1.82, 2.24) is 0 Å². The predicted molar refractivity (Wildman–Crippen MR) is 60.8 cm³/mol. The standard InChI is InChI=1S/C9H13NO3S.ClH/c1-2-12-9(11)7-5-8(14-6-7)13-4-3-10;/h5-6H,2-4,10H2,1H3;1H/p+1. The molecular formula is C9H15ClNO3S+. The number of halogens is 1. The van der Waals surface area contributed by atoms with Gasteiger partial charge < -0.3 is 15.2 Å². The van der Waals surface area contributed by atoms with E-state index in [-0.39, 0.29) is 18.4 Å². The van der Waals surface area contributed by atoms with Crippen LogP contribution >= 0.6 is 23.7 Å². The van der Waals surface area contributed by atoms with E-state index < -0.39 is 0 Å². The Hall–Kier alpha value is -0.780. The molecule has 86 valence electrons. The summed E-state index contributed by atoms with van der Waals surface area (Å²) in [7, 11) is 0. The molecule has 0 atom stereocenters. The normalized spacial score (nSPS) is 9.20. The van der Waals surface area contributed by atoms with Crippen LogP contribution in [-0.4, -0.2) is 25.7 Å². The van der Waals surface area contributed by atoms with Gasteiger partial charge in [0.25, 0.3) is 0 Å². The average Bonchev–Trinajstić information content (AvgIpc) is 2.63. The van der Waals surface area contributed by atoms with Crippen LogP contribution in [0.25, 0.3) is 0 Å². The van der Waals surface area contributed by atoms with Crippen molar-refractivity contribution >= 4 is 29.7 Å². The van der Waals surface area contributed by atoms with Crippen LogP contribution in [0.1, 0.15) is 17.3 Å². The molecule has 0 radical (unpaired) electrons. The van der Waals surface area contributed by atoms with Crippen molar-refractivity contribution in [2.75, 3.05) is 19.8 Å². The molecule has 6 heteroatoms. The Labute approximate surface area is 98.8 Å². The highest BCUT2D eigenvalue weighted by Crippen LogP contribution is 2.23. The topological polar surface area (TPSA) is 63.2 Å². The molecule has 0 amide bonds. The Balaban J connectivity index is 0.00000196. The molecule has 1 aromatic rings. The summed E-state index contributed by atoms with van der Waals surface area (Å²) in [5, 5.41) is 2.47. The first-order valence-corrected chi connectivity index (χ1v) is 5.33. The molecule has 0 aliphatic heterocycles. The number of carbonyl (C=O) groups excluding carboxylic acids is 1. The van der Waals surface area contributed by atoms with E-state index in [2.05, 4.69) is 5.73 Å². The summed E-state index contributed by atoms with van der Waals surface area (Å²) in [6.07, 6.45) is 0. The summed E-state index contributed by atoms with van der Waals surface area (Å²) in [6, 6.07) is 1.69. The van der Waals surface area contributed by atoms with E-state index in [0.717, 1.165) is 5.06 Å². The minimum atomic E-state index is -0.298. The van der Waals surface area contributed by atoms with Gasteiger partial charge in [-0.3, -0.25) is 0 Å². The largest absolute Gasteiger partial charge is 0.478 e. The number of carbonyl (C=O) groups is 1. The maximum absolute atomic E-state index is 11.2. The smallest absolute Gasteiger partial charge is 0.339 e. The molecule has 15 heavy (non-hydrogen) atoms. The third-order valence-corrected chi connectivity index (χ3v) is 2.31. The van der Waals surface area contributed by atoms with Gasteiger partial charge in [-0.05, 0) is 6.92 Å². The van der Waals surface area contributed by atoms with E-state index >= 15 is 0 Å². The SMILES string of the molecule is CCOC(=O)c1csc(OCC[NH3+])c1.Cl. The predicted octanol–water partition coefficient (Wildman–Crippen LogP) is 0.967. The van der Waals surface area contributed by atoms with Crippen molar-refractivity contribution in [3.05, 3.63) is 17.0 Å². The lowest BCUT2D eigenvalue weighted by Crippen LogP contribution is -2.52. The quantitative estimate of drug-likeness (QED) is 0.795. The molecule has 0 aromatic carbocycles. The number of rotatable bonds is 5. The maximum Gasteiger partial charge on any atom is 0.339 e. The monoisotopic (exact) mass is 252 g/mol. The molecule has 0 saturated heterocycles. The summed E-state index contributed by atoms with van der Waals surface area (Å²) >= 11 is 1.39. The molecule has 1 aromatic heterocycles. The highest BCUT2D eigenvalue weighted by atomic mass is 35.5. The minimum Gasteiger partial charge on any atom is -0.478 e. The van der Waals surface area contributed by atoms with Gasteiger partial charge >= 0.3 is 5.97 Å². The van der Waals surface area contributed by atoms with E-state index in [1.165, 1.54) is 11.3 Å². The van der Waals surface area contributed by atoms with Gasteiger partial charge in [0.2, 0.25) is 0 Å². The minimum absolute atomic E-state index is 0. The van der Waals surface area contributed by atoms with Gasteiger partial charge in [-0.1, -0.05) is 0 Å². The van der Waals surface area contributed by atoms with E-state index in [0.29, 0.717) is 25.3 Å². The van der Waals surface area contributed by atoms with Gasteiger partial charge in [-0.2, -0.15) is 0 Å². The number of thiophene rings is 1. The van der Waals surface area contributed by atoms with Gasteiger partial charge in [0.1, 0.15) is 13.2 Å². The lowest BCUT2D eigenvalue weighted by atomic mass is 10.3. The fraction of sp³-hybridized carbons (Fsp3) is 0.444. The van der Waals surface area contributed by atoms with Crippen LogP contribution in [-0.2, 0) is 4.74 Å². The van der Waals surface area contributed by atoms with Gasteiger partial charge in [0.15, 0.2) is 5.06 Å². The van der Waals surface area contributed by atoms with Crippen LogP contribution < -0.4 is 10.5 Å². The van der Waals surface area contributed by atoms with Crippen molar-refractivity contribution in [1.29, 1.82) is 0 Å². The molecule has 0 spiro atoms. The van der Waals surface area contributed by atoms with Crippen LogP contribution in [0.5, 0.6) is 5.06 Å². The van der Waals surface area contributed by atoms with E-state index in [9.17, 15) is 4.79 Å².